The Kier molecular flexibility index (Phi) is 3.49. The van der Waals surface area contributed by atoms with Crippen molar-refractivity contribution in [1.82, 2.24) is 9.80 Å². The minimum Gasteiger partial charge on any atom is -0.302 e. The van der Waals surface area contributed by atoms with E-state index >= 15 is 0 Å². The summed E-state index contributed by atoms with van der Waals surface area (Å²) in [7, 11) is 3.41. The van der Waals surface area contributed by atoms with Crippen molar-refractivity contribution >= 4 is 18.9 Å². The van der Waals surface area contributed by atoms with Crippen molar-refractivity contribution in [2.45, 2.75) is 24.7 Å². The predicted octanol–water partition coefficient (Wildman–Crippen LogP) is -1.09. The van der Waals surface area contributed by atoms with Gasteiger partial charge < -0.3 is 14.4 Å². The fourth-order valence-electron chi connectivity index (χ4n) is 1.75. The molecule has 2 unspecified atom stereocenters. The molecular formula is C9H14N2O3. The Balaban J connectivity index is 2.87. The van der Waals surface area contributed by atoms with Crippen LogP contribution in [-0.4, -0.2) is 61.0 Å². The lowest BCUT2D eigenvalue weighted by molar-refractivity contribution is -0.134. The molecule has 1 aliphatic heterocycles. The van der Waals surface area contributed by atoms with Crippen LogP contribution in [-0.2, 0) is 14.4 Å². The standard InChI is InChI=1S/C9H14N2O3/c1-10-7(4-12)3-8(5-13)11(2)9(10)6-14/h4-9H,3H2,1-2H3. The molecule has 0 aliphatic carbocycles. The largest absolute Gasteiger partial charge is 0.302 e. The number of nitrogens with zero attached hydrogens (tertiary/aromatic N) is 2. The van der Waals surface area contributed by atoms with Crippen LogP contribution in [0.3, 0.4) is 0 Å². The van der Waals surface area contributed by atoms with Gasteiger partial charge in [-0.1, -0.05) is 0 Å². The first kappa shape index (κ1) is 11.0. The summed E-state index contributed by atoms with van der Waals surface area (Å²) < 4.78 is 0. The fraction of sp³-hybridized carbons (Fsp3) is 0.667. The minimum atomic E-state index is -0.492. The average Bonchev–Trinajstić information content (AvgIpc) is 2.19. The zero-order chi connectivity index (χ0) is 10.7. The first-order valence-corrected chi connectivity index (χ1v) is 4.45. The van der Waals surface area contributed by atoms with E-state index in [2.05, 4.69) is 0 Å². The van der Waals surface area contributed by atoms with E-state index in [1.165, 1.54) is 0 Å². The summed E-state index contributed by atoms with van der Waals surface area (Å²) in [5.74, 6) is 0. The van der Waals surface area contributed by atoms with E-state index in [-0.39, 0.29) is 12.1 Å². The average molecular weight is 198 g/mol. The summed E-state index contributed by atoms with van der Waals surface area (Å²) in [5, 5.41) is 0. The van der Waals surface area contributed by atoms with Gasteiger partial charge in [0.05, 0.1) is 12.1 Å². The molecule has 78 valence electrons. The molecule has 0 bridgehead atoms. The third kappa shape index (κ3) is 1.73. The van der Waals surface area contributed by atoms with Crippen molar-refractivity contribution in [2.24, 2.45) is 0 Å². The lowest BCUT2D eigenvalue weighted by Gasteiger charge is -2.43. The number of rotatable bonds is 3. The van der Waals surface area contributed by atoms with Crippen LogP contribution in [0.4, 0.5) is 0 Å². The van der Waals surface area contributed by atoms with E-state index in [9.17, 15) is 14.4 Å². The summed E-state index contributed by atoms with van der Waals surface area (Å²) >= 11 is 0. The Morgan fingerprint density at radius 1 is 0.929 bits per heavy atom. The Hall–Kier alpha value is -1.07. The highest BCUT2D eigenvalue weighted by atomic mass is 16.1. The van der Waals surface area contributed by atoms with E-state index in [4.69, 9.17) is 0 Å². The second-order valence-corrected chi connectivity index (χ2v) is 3.52. The Morgan fingerprint density at radius 2 is 1.36 bits per heavy atom. The molecule has 0 aromatic heterocycles. The van der Waals surface area contributed by atoms with Crippen molar-refractivity contribution in [3.05, 3.63) is 0 Å². The lowest BCUT2D eigenvalue weighted by atomic mass is 10.0. The van der Waals surface area contributed by atoms with E-state index in [0.717, 1.165) is 18.9 Å². The van der Waals surface area contributed by atoms with Crippen LogP contribution in [0.25, 0.3) is 0 Å². The summed E-state index contributed by atoms with van der Waals surface area (Å²) in [6.45, 7) is 0. The minimum absolute atomic E-state index is 0.350. The second-order valence-electron chi connectivity index (χ2n) is 3.52. The highest BCUT2D eigenvalue weighted by molar-refractivity contribution is 5.67. The Labute approximate surface area is 82.7 Å². The van der Waals surface area contributed by atoms with Gasteiger partial charge in [0.1, 0.15) is 18.7 Å². The second kappa shape index (κ2) is 4.43. The molecule has 5 nitrogen and oxygen atoms in total. The van der Waals surface area contributed by atoms with E-state index in [0.29, 0.717) is 6.42 Å². The Bertz CT molecular complexity index is 224. The van der Waals surface area contributed by atoms with Crippen LogP contribution in [0.15, 0.2) is 0 Å². The van der Waals surface area contributed by atoms with E-state index < -0.39 is 6.17 Å². The van der Waals surface area contributed by atoms with Crippen LogP contribution >= 0.6 is 0 Å². The van der Waals surface area contributed by atoms with Crippen LogP contribution in [0.2, 0.25) is 0 Å². The van der Waals surface area contributed by atoms with Gasteiger partial charge in [-0.05, 0) is 20.5 Å². The first-order valence-electron chi connectivity index (χ1n) is 4.45. The maximum absolute atomic E-state index is 10.8. The summed E-state index contributed by atoms with van der Waals surface area (Å²) in [6.07, 6.45) is 2.26. The number of likely N-dealkylation sites (N-methyl/N-ethyl adjacent to an activating group) is 2. The molecular weight excluding hydrogens is 184 g/mol. The lowest BCUT2D eigenvalue weighted by Crippen LogP contribution is -2.60. The zero-order valence-electron chi connectivity index (χ0n) is 8.29. The van der Waals surface area contributed by atoms with Crippen molar-refractivity contribution in [2.75, 3.05) is 14.1 Å². The molecule has 1 fully saturated rings. The monoisotopic (exact) mass is 198 g/mol. The van der Waals surface area contributed by atoms with Gasteiger partial charge in [-0.2, -0.15) is 0 Å². The van der Waals surface area contributed by atoms with E-state index in [1.54, 1.807) is 23.9 Å². The molecule has 0 N–H and O–H groups in total. The van der Waals surface area contributed by atoms with Gasteiger partial charge in [0.15, 0.2) is 6.29 Å². The molecule has 0 radical (unpaired) electrons. The molecule has 2 atom stereocenters. The molecule has 1 rings (SSSR count). The molecule has 0 aromatic rings. The van der Waals surface area contributed by atoms with Crippen LogP contribution in [0, 0.1) is 0 Å². The predicted molar refractivity (Wildman–Crippen MR) is 49.7 cm³/mol. The third-order valence-electron chi connectivity index (χ3n) is 2.80. The topological polar surface area (TPSA) is 57.7 Å². The van der Waals surface area contributed by atoms with Gasteiger partial charge in [0.25, 0.3) is 0 Å². The van der Waals surface area contributed by atoms with Gasteiger partial charge in [-0.25, -0.2) is 0 Å². The molecule has 0 saturated carbocycles. The molecule has 0 aromatic carbocycles. The SMILES string of the molecule is CN1C(C=O)CC(C=O)N(C)C1C=O. The smallest absolute Gasteiger partial charge is 0.151 e. The number of carbonyl (C=O) groups is 3. The van der Waals surface area contributed by atoms with Crippen LogP contribution in [0.5, 0.6) is 0 Å². The normalized spacial score (nSPS) is 35.1. The Morgan fingerprint density at radius 3 is 1.64 bits per heavy atom. The highest BCUT2D eigenvalue weighted by Crippen LogP contribution is 2.19. The fourth-order valence-corrected chi connectivity index (χ4v) is 1.75. The van der Waals surface area contributed by atoms with Gasteiger partial charge in [-0.15, -0.1) is 0 Å². The summed E-state index contributed by atoms with van der Waals surface area (Å²) in [5.41, 5.74) is 0. The summed E-state index contributed by atoms with van der Waals surface area (Å²) in [4.78, 5) is 35.5. The van der Waals surface area contributed by atoms with Gasteiger partial charge in [0, 0.05) is 0 Å². The number of carbonyl (C=O) groups excluding carboxylic acids is 3. The highest BCUT2D eigenvalue weighted by Gasteiger charge is 2.36. The molecule has 0 amide bonds. The number of aldehydes is 3. The van der Waals surface area contributed by atoms with Crippen LogP contribution in [0.1, 0.15) is 6.42 Å². The first-order chi connectivity index (χ1) is 6.65. The summed E-state index contributed by atoms with van der Waals surface area (Å²) in [6, 6.07) is -0.701. The quantitative estimate of drug-likeness (QED) is 0.539. The number of hydrogen-bond acceptors (Lipinski definition) is 5. The molecule has 1 saturated heterocycles. The third-order valence-corrected chi connectivity index (χ3v) is 2.80. The van der Waals surface area contributed by atoms with Crippen molar-refractivity contribution in [1.29, 1.82) is 0 Å². The van der Waals surface area contributed by atoms with Gasteiger partial charge in [0.2, 0.25) is 0 Å². The van der Waals surface area contributed by atoms with Gasteiger partial charge >= 0.3 is 0 Å². The van der Waals surface area contributed by atoms with Gasteiger partial charge in [-0.3, -0.25) is 9.80 Å². The maximum atomic E-state index is 10.8. The molecule has 5 heteroatoms. The molecule has 1 heterocycles. The molecule has 0 spiro atoms. The number of hydrogen-bond donors (Lipinski definition) is 0. The maximum Gasteiger partial charge on any atom is 0.151 e. The van der Waals surface area contributed by atoms with E-state index in [1.807, 2.05) is 0 Å². The van der Waals surface area contributed by atoms with Crippen molar-refractivity contribution < 1.29 is 14.4 Å². The molecule has 1 aliphatic rings. The van der Waals surface area contributed by atoms with Crippen LogP contribution < -0.4 is 0 Å². The van der Waals surface area contributed by atoms with Crippen molar-refractivity contribution in [3.8, 4) is 0 Å². The molecule has 14 heavy (non-hydrogen) atoms. The van der Waals surface area contributed by atoms with Crippen molar-refractivity contribution in [3.63, 3.8) is 0 Å². The zero-order valence-corrected chi connectivity index (χ0v) is 8.29.